The number of hydrogen-bond acceptors (Lipinski definition) is 4. The van der Waals surface area contributed by atoms with Gasteiger partial charge >= 0.3 is 5.97 Å². The highest BCUT2D eigenvalue weighted by atomic mass is 16.5. The number of carbonyl (C=O) groups excluding carboxylic acids is 1. The Hall–Kier alpha value is -2.24. The number of carbonyl (C=O) groups is 2. The van der Waals surface area contributed by atoms with Crippen molar-refractivity contribution in [2.45, 2.75) is 25.9 Å². The van der Waals surface area contributed by atoms with Crippen molar-refractivity contribution in [1.82, 2.24) is 4.90 Å². The van der Waals surface area contributed by atoms with Crippen molar-refractivity contribution in [2.75, 3.05) is 14.2 Å². The highest BCUT2D eigenvalue weighted by Crippen LogP contribution is 2.33. The lowest BCUT2D eigenvalue weighted by Gasteiger charge is -2.29. The Balaban J connectivity index is 3.34. The zero-order chi connectivity index (χ0) is 15.3. The molecule has 0 saturated carbocycles. The summed E-state index contributed by atoms with van der Waals surface area (Å²) in [7, 11) is 2.95. The van der Waals surface area contributed by atoms with Crippen molar-refractivity contribution in [3.05, 3.63) is 23.8 Å². The largest absolute Gasteiger partial charge is 0.497 e. The Kier molecular flexibility index (Phi) is 5.37. The minimum absolute atomic E-state index is 0.250. The molecule has 0 bridgehead atoms. The third-order valence-electron chi connectivity index (χ3n) is 2.99. The van der Waals surface area contributed by atoms with Crippen molar-refractivity contribution < 1.29 is 24.2 Å². The molecule has 1 atom stereocenters. The zero-order valence-electron chi connectivity index (χ0n) is 12.0. The molecule has 0 saturated heterocycles. The fraction of sp³-hybridized carbons (Fsp3) is 0.429. The van der Waals surface area contributed by atoms with Gasteiger partial charge in [0, 0.05) is 17.7 Å². The summed E-state index contributed by atoms with van der Waals surface area (Å²) < 4.78 is 10.3. The molecule has 1 aromatic carbocycles. The number of amides is 1. The van der Waals surface area contributed by atoms with Gasteiger partial charge in [0.1, 0.15) is 11.5 Å². The first kappa shape index (κ1) is 15.8. The highest BCUT2D eigenvalue weighted by molar-refractivity contribution is 5.79. The van der Waals surface area contributed by atoms with Crippen LogP contribution in [0.2, 0.25) is 0 Å². The van der Waals surface area contributed by atoms with Gasteiger partial charge in [-0.25, -0.2) is 4.79 Å². The molecule has 0 aliphatic rings. The first-order chi connectivity index (χ1) is 9.46. The smallest absolute Gasteiger partial charge is 0.331 e. The molecule has 110 valence electrons. The molecule has 0 fully saturated rings. The molecule has 1 amide bonds. The van der Waals surface area contributed by atoms with E-state index in [4.69, 9.17) is 9.47 Å². The second kappa shape index (κ2) is 6.79. The molecular weight excluding hydrogens is 262 g/mol. The van der Waals surface area contributed by atoms with Gasteiger partial charge in [0.2, 0.25) is 6.41 Å². The number of methoxy groups -OCH3 is 2. The fourth-order valence-electron chi connectivity index (χ4n) is 1.95. The van der Waals surface area contributed by atoms with Crippen LogP contribution in [0.1, 0.15) is 25.5 Å². The van der Waals surface area contributed by atoms with E-state index < -0.39 is 12.0 Å². The summed E-state index contributed by atoms with van der Waals surface area (Å²) in [5.74, 6) is -0.199. The van der Waals surface area contributed by atoms with Crippen molar-refractivity contribution >= 4 is 12.4 Å². The molecule has 0 aliphatic heterocycles. The van der Waals surface area contributed by atoms with E-state index >= 15 is 0 Å². The van der Waals surface area contributed by atoms with Crippen LogP contribution in [0.15, 0.2) is 18.2 Å². The quantitative estimate of drug-likeness (QED) is 0.770. The number of nitrogens with zero attached hydrogens (tertiary/aromatic N) is 1. The van der Waals surface area contributed by atoms with E-state index in [1.165, 1.54) is 19.1 Å². The molecule has 6 nitrogen and oxygen atoms in total. The lowest BCUT2D eigenvalue weighted by molar-refractivity contribution is -0.148. The van der Waals surface area contributed by atoms with Crippen LogP contribution in [0.3, 0.4) is 0 Å². The minimum atomic E-state index is -1.12. The van der Waals surface area contributed by atoms with Gasteiger partial charge < -0.3 is 19.5 Å². The van der Waals surface area contributed by atoms with Crippen LogP contribution < -0.4 is 9.47 Å². The monoisotopic (exact) mass is 281 g/mol. The number of carboxylic acids is 1. The van der Waals surface area contributed by atoms with Crippen LogP contribution in [-0.2, 0) is 9.59 Å². The Labute approximate surface area is 117 Å². The second-order valence-corrected chi connectivity index (χ2v) is 4.50. The van der Waals surface area contributed by atoms with E-state index in [-0.39, 0.29) is 6.04 Å². The van der Waals surface area contributed by atoms with Crippen LogP contribution >= 0.6 is 0 Å². The first-order valence-corrected chi connectivity index (χ1v) is 6.13. The molecule has 0 heterocycles. The van der Waals surface area contributed by atoms with Crippen molar-refractivity contribution in [2.24, 2.45) is 0 Å². The number of rotatable bonds is 7. The van der Waals surface area contributed by atoms with Crippen molar-refractivity contribution in [3.8, 4) is 11.5 Å². The van der Waals surface area contributed by atoms with Crippen LogP contribution in [0.5, 0.6) is 11.5 Å². The molecule has 1 N–H and O–H groups in total. The van der Waals surface area contributed by atoms with Gasteiger partial charge in [0.15, 0.2) is 6.04 Å². The zero-order valence-corrected chi connectivity index (χ0v) is 12.0. The average molecular weight is 281 g/mol. The number of hydrogen-bond donors (Lipinski definition) is 1. The standard InChI is InChI=1S/C14H19NO5/c1-9(2)15(8-16)13(14(17)18)11-6-5-10(19-3)7-12(11)20-4/h5-9,13H,1-4H3,(H,17,18). The molecule has 0 aliphatic carbocycles. The van der Waals surface area contributed by atoms with E-state index in [1.807, 2.05) is 0 Å². The third kappa shape index (κ3) is 3.20. The lowest BCUT2D eigenvalue weighted by atomic mass is 10.0. The number of carboxylic acid groups (broad SMARTS) is 1. The Morgan fingerprint density at radius 3 is 2.35 bits per heavy atom. The molecule has 1 unspecified atom stereocenters. The van der Waals surface area contributed by atoms with Crippen LogP contribution in [0.4, 0.5) is 0 Å². The van der Waals surface area contributed by atoms with Crippen LogP contribution in [0.25, 0.3) is 0 Å². The lowest BCUT2D eigenvalue weighted by Crippen LogP contribution is -2.38. The van der Waals surface area contributed by atoms with E-state index in [0.29, 0.717) is 23.5 Å². The number of aliphatic carboxylic acids is 1. The van der Waals surface area contributed by atoms with Gasteiger partial charge in [-0.3, -0.25) is 4.79 Å². The Morgan fingerprint density at radius 1 is 1.30 bits per heavy atom. The second-order valence-electron chi connectivity index (χ2n) is 4.50. The molecule has 1 rings (SSSR count). The van der Waals surface area contributed by atoms with Gasteiger partial charge in [-0.15, -0.1) is 0 Å². The third-order valence-corrected chi connectivity index (χ3v) is 2.99. The molecule has 0 spiro atoms. The van der Waals surface area contributed by atoms with E-state index in [2.05, 4.69) is 0 Å². The summed E-state index contributed by atoms with van der Waals surface area (Å²) in [5.41, 5.74) is 0.404. The SMILES string of the molecule is COc1ccc(C(C(=O)O)N(C=O)C(C)C)c(OC)c1. The average Bonchev–Trinajstić information content (AvgIpc) is 2.43. The number of benzene rings is 1. The van der Waals surface area contributed by atoms with Gasteiger partial charge in [0.25, 0.3) is 0 Å². The predicted molar refractivity (Wildman–Crippen MR) is 73.0 cm³/mol. The summed E-state index contributed by atoms with van der Waals surface area (Å²) in [5, 5.41) is 9.44. The van der Waals surface area contributed by atoms with Gasteiger partial charge in [-0.1, -0.05) is 0 Å². The summed E-state index contributed by atoms with van der Waals surface area (Å²) in [6, 6.07) is 3.47. The molecule has 1 aromatic rings. The summed E-state index contributed by atoms with van der Waals surface area (Å²) in [6.45, 7) is 3.50. The normalized spacial score (nSPS) is 11.8. The molecule has 0 aromatic heterocycles. The molecule has 20 heavy (non-hydrogen) atoms. The van der Waals surface area contributed by atoms with E-state index in [0.717, 1.165) is 0 Å². The summed E-state index contributed by atoms with van der Waals surface area (Å²) in [6.07, 6.45) is 0.535. The topological polar surface area (TPSA) is 76.1 Å². The van der Waals surface area contributed by atoms with Crippen LogP contribution in [0, 0.1) is 0 Å². The molecule has 0 radical (unpaired) electrons. The Morgan fingerprint density at radius 2 is 1.95 bits per heavy atom. The minimum Gasteiger partial charge on any atom is -0.497 e. The number of ether oxygens (including phenoxy) is 2. The maximum absolute atomic E-state index is 11.5. The van der Waals surface area contributed by atoms with Crippen LogP contribution in [-0.4, -0.2) is 42.6 Å². The predicted octanol–water partition coefficient (Wildman–Crippen LogP) is 1.70. The maximum Gasteiger partial charge on any atom is 0.331 e. The summed E-state index contributed by atoms with van der Waals surface area (Å²) >= 11 is 0. The van der Waals surface area contributed by atoms with E-state index in [1.54, 1.807) is 32.0 Å². The molecule has 6 heteroatoms. The highest BCUT2D eigenvalue weighted by Gasteiger charge is 2.31. The maximum atomic E-state index is 11.5. The van der Waals surface area contributed by atoms with Crippen molar-refractivity contribution in [3.63, 3.8) is 0 Å². The van der Waals surface area contributed by atoms with Gasteiger partial charge in [0.05, 0.1) is 14.2 Å². The Bertz CT molecular complexity index is 486. The summed E-state index contributed by atoms with van der Waals surface area (Å²) in [4.78, 5) is 24.0. The first-order valence-electron chi connectivity index (χ1n) is 6.13. The van der Waals surface area contributed by atoms with Gasteiger partial charge in [-0.05, 0) is 26.0 Å². The molecular formula is C14H19NO5. The fourth-order valence-corrected chi connectivity index (χ4v) is 1.95. The van der Waals surface area contributed by atoms with Crippen molar-refractivity contribution in [1.29, 1.82) is 0 Å². The van der Waals surface area contributed by atoms with Gasteiger partial charge in [-0.2, -0.15) is 0 Å². The van der Waals surface area contributed by atoms with E-state index in [9.17, 15) is 14.7 Å².